The number of ether oxygens (including phenoxy) is 3. The van der Waals surface area contributed by atoms with Crippen LogP contribution >= 0.6 is 0 Å². The van der Waals surface area contributed by atoms with Gasteiger partial charge in [0.25, 0.3) is 0 Å². The summed E-state index contributed by atoms with van der Waals surface area (Å²) in [6, 6.07) is 0. The van der Waals surface area contributed by atoms with Crippen molar-refractivity contribution in [3.63, 3.8) is 0 Å². The number of methoxy groups -OCH3 is 1. The molecule has 4 bridgehead atoms. The Morgan fingerprint density at radius 2 is 1.72 bits per heavy atom. The topological polar surface area (TPSA) is 44.8 Å². The summed E-state index contributed by atoms with van der Waals surface area (Å²) in [6.45, 7) is 1.42. The van der Waals surface area contributed by atoms with Crippen LogP contribution in [0.15, 0.2) is 0 Å². The number of hydrogen-bond donors (Lipinski definition) is 0. The highest BCUT2D eigenvalue weighted by Gasteiger charge is 2.67. The van der Waals surface area contributed by atoms with Gasteiger partial charge in [0.2, 0.25) is 0 Å². The predicted octanol–water partition coefficient (Wildman–Crippen LogP) is 1.73. The van der Waals surface area contributed by atoms with Crippen molar-refractivity contribution in [3.8, 4) is 0 Å². The van der Waals surface area contributed by atoms with E-state index in [0.29, 0.717) is 31.0 Å². The van der Waals surface area contributed by atoms with Crippen molar-refractivity contribution in [3.05, 3.63) is 0 Å². The smallest absolute Gasteiger partial charge is 0.311 e. The van der Waals surface area contributed by atoms with E-state index in [9.17, 15) is 4.79 Å². The molecule has 0 N–H and O–H groups in total. The summed E-state index contributed by atoms with van der Waals surface area (Å²) in [4.78, 5) is 12.2. The van der Waals surface area contributed by atoms with Crippen molar-refractivity contribution in [2.75, 3.05) is 20.3 Å². The lowest BCUT2D eigenvalue weighted by Gasteiger charge is -2.61. The quantitative estimate of drug-likeness (QED) is 0.667. The van der Waals surface area contributed by atoms with Crippen LogP contribution in [0.5, 0.6) is 0 Å². The summed E-state index contributed by atoms with van der Waals surface area (Å²) in [5, 5.41) is 0. The first-order chi connectivity index (χ1) is 8.68. The maximum atomic E-state index is 12.2. The molecule has 1 heterocycles. The zero-order valence-corrected chi connectivity index (χ0v) is 10.8. The molecule has 5 aliphatic rings. The lowest BCUT2D eigenvalue weighted by Crippen LogP contribution is -2.63. The first kappa shape index (κ1) is 11.2. The molecule has 5 fully saturated rings. The Bertz CT molecular complexity index is 367. The van der Waals surface area contributed by atoms with Crippen molar-refractivity contribution >= 4 is 5.97 Å². The highest BCUT2D eigenvalue weighted by Crippen LogP contribution is 2.65. The van der Waals surface area contributed by atoms with Gasteiger partial charge in [-0.3, -0.25) is 4.79 Å². The van der Waals surface area contributed by atoms with E-state index in [2.05, 4.69) is 0 Å². The van der Waals surface area contributed by atoms with Crippen molar-refractivity contribution < 1.29 is 19.0 Å². The van der Waals surface area contributed by atoms with E-state index in [1.165, 1.54) is 7.11 Å². The van der Waals surface area contributed by atoms with Gasteiger partial charge in [-0.1, -0.05) is 0 Å². The zero-order chi connectivity index (χ0) is 12.4. The van der Waals surface area contributed by atoms with E-state index < -0.39 is 0 Å². The molecule has 0 radical (unpaired) electrons. The molecule has 1 aliphatic heterocycles. The fourth-order valence-corrected chi connectivity index (χ4v) is 5.31. The second kappa shape index (κ2) is 3.48. The first-order valence-electron chi connectivity index (χ1n) is 7.05. The summed E-state index contributed by atoms with van der Waals surface area (Å²) >= 11 is 0. The molecular weight excluding hydrogens is 232 g/mol. The van der Waals surface area contributed by atoms with E-state index in [1.807, 2.05) is 0 Å². The molecule has 5 rings (SSSR count). The molecule has 4 saturated carbocycles. The molecule has 0 aromatic rings. The van der Waals surface area contributed by atoms with Crippen molar-refractivity contribution in [2.24, 2.45) is 23.2 Å². The highest BCUT2D eigenvalue weighted by atomic mass is 16.7. The van der Waals surface area contributed by atoms with Crippen molar-refractivity contribution in [1.82, 2.24) is 0 Å². The molecule has 1 saturated heterocycles. The van der Waals surface area contributed by atoms with E-state index in [-0.39, 0.29) is 17.2 Å². The van der Waals surface area contributed by atoms with Crippen LogP contribution in [0.4, 0.5) is 0 Å². The Morgan fingerprint density at radius 3 is 2.28 bits per heavy atom. The van der Waals surface area contributed by atoms with Crippen LogP contribution in [-0.4, -0.2) is 32.1 Å². The minimum Gasteiger partial charge on any atom is -0.469 e. The van der Waals surface area contributed by atoms with Crippen LogP contribution < -0.4 is 0 Å². The monoisotopic (exact) mass is 252 g/mol. The highest BCUT2D eigenvalue weighted by molar-refractivity contribution is 5.77. The zero-order valence-electron chi connectivity index (χ0n) is 10.8. The third kappa shape index (κ3) is 1.21. The molecule has 0 aromatic carbocycles. The lowest BCUT2D eigenvalue weighted by atomic mass is 9.47. The average Bonchev–Trinajstić information content (AvgIpc) is 2.85. The van der Waals surface area contributed by atoms with E-state index in [4.69, 9.17) is 14.2 Å². The summed E-state index contributed by atoms with van der Waals surface area (Å²) in [5.74, 6) is 1.10. The molecule has 0 aromatic heterocycles. The first-order valence-corrected chi connectivity index (χ1v) is 7.05. The Labute approximate surface area is 107 Å². The standard InChI is InChI=1S/C14H20O4/c1-16-12(15)13-6-9-4-10(7-13)14(11(5-9)8-13)17-2-3-18-14/h9-11H,2-8H2,1H3/t9?,10-,11+,13?. The van der Waals surface area contributed by atoms with Crippen LogP contribution in [0.3, 0.4) is 0 Å². The summed E-state index contributed by atoms with van der Waals surface area (Å²) in [7, 11) is 1.51. The number of esters is 1. The molecule has 4 aliphatic carbocycles. The minimum absolute atomic E-state index is 0.00486. The van der Waals surface area contributed by atoms with Crippen molar-refractivity contribution in [1.29, 1.82) is 0 Å². The fraction of sp³-hybridized carbons (Fsp3) is 0.929. The fourth-order valence-electron chi connectivity index (χ4n) is 5.31. The molecule has 1 spiro atoms. The van der Waals surface area contributed by atoms with Gasteiger partial charge in [0.05, 0.1) is 25.7 Å². The van der Waals surface area contributed by atoms with Gasteiger partial charge in [0, 0.05) is 11.8 Å². The van der Waals surface area contributed by atoms with Crippen LogP contribution in [0, 0.1) is 23.2 Å². The third-order valence-electron chi connectivity index (χ3n) is 5.68. The Morgan fingerprint density at radius 1 is 1.11 bits per heavy atom. The average molecular weight is 252 g/mol. The number of carbonyl (C=O) groups is 1. The lowest BCUT2D eigenvalue weighted by molar-refractivity contribution is -0.301. The van der Waals surface area contributed by atoms with Crippen LogP contribution in [0.1, 0.15) is 32.1 Å². The predicted molar refractivity (Wildman–Crippen MR) is 62.6 cm³/mol. The molecule has 100 valence electrons. The van der Waals surface area contributed by atoms with Gasteiger partial charge in [-0.05, 0) is 38.0 Å². The maximum Gasteiger partial charge on any atom is 0.311 e. The normalized spacial score (nSPS) is 47.7. The Balaban J connectivity index is 1.71. The molecular formula is C14H20O4. The Hall–Kier alpha value is -0.610. The van der Waals surface area contributed by atoms with Crippen LogP contribution in [-0.2, 0) is 19.0 Å². The second-order valence-electron chi connectivity index (χ2n) is 6.53. The van der Waals surface area contributed by atoms with Gasteiger partial charge in [0.1, 0.15) is 0 Å². The molecule has 0 amide bonds. The SMILES string of the molecule is COC(=O)C12CC3C[C@H](C1)C1(OCCO1)[C@@H](C3)C2. The summed E-state index contributed by atoms with van der Waals surface area (Å²) in [5.41, 5.74) is -0.230. The Kier molecular flexibility index (Phi) is 2.17. The van der Waals surface area contributed by atoms with Crippen molar-refractivity contribution in [2.45, 2.75) is 37.9 Å². The number of rotatable bonds is 1. The van der Waals surface area contributed by atoms with Gasteiger partial charge >= 0.3 is 5.97 Å². The van der Waals surface area contributed by atoms with Gasteiger partial charge in [-0.2, -0.15) is 0 Å². The minimum atomic E-state index is -0.353. The molecule has 18 heavy (non-hydrogen) atoms. The van der Waals surface area contributed by atoms with E-state index >= 15 is 0 Å². The number of hydrogen-bond acceptors (Lipinski definition) is 4. The largest absolute Gasteiger partial charge is 0.469 e. The van der Waals surface area contributed by atoms with Gasteiger partial charge in [0.15, 0.2) is 5.79 Å². The summed E-state index contributed by atoms with van der Waals surface area (Å²) < 4.78 is 17.1. The molecule has 4 nitrogen and oxygen atoms in total. The van der Waals surface area contributed by atoms with Gasteiger partial charge in [-0.15, -0.1) is 0 Å². The van der Waals surface area contributed by atoms with Crippen LogP contribution in [0.25, 0.3) is 0 Å². The number of carbonyl (C=O) groups excluding carboxylic acids is 1. The van der Waals surface area contributed by atoms with Gasteiger partial charge < -0.3 is 14.2 Å². The molecule has 2 unspecified atom stereocenters. The van der Waals surface area contributed by atoms with E-state index in [0.717, 1.165) is 32.1 Å². The molecule has 4 heteroatoms. The third-order valence-corrected chi connectivity index (χ3v) is 5.68. The van der Waals surface area contributed by atoms with Crippen LogP contribution in [0.2, 0.25) is 0 Å². The second-order valence-corrected chi connectivity index (χ2v) is 6.53. The van der Waals surface area contributed by atoms with Gasteiger partial charge in [-0.25, -0.2) is 0 Å². The van der Waals surface area contributed by atoms with E-state index in [1.54, 1.807) is 0 Å². The maximum absolute atomic E-state index is 12.2. The molecule has 4 atom stereocenters. The summed E-state index contributed by atoms with van der Waals surface area (Å²) in [6.07, 6.45) is 5.13.